The van der Waals surface area contributed by atoms with Crippen LogP contribution in [0.4, 0.5) is 0 Å². The molecule has 2 atom stereocenters. The lowest BCUT2D eigenvalue weighted by Crippen LogP contribution is -2.47. The fraction of sp³-hybridized carbons (Fsp3) is 1.00. The van der Waals surface area contributed by atoms with Gasteiger partial charge in [0.2, 0.25) is 0 Å². The van der Waals surface area contributed by atoms with Gasteiger partial charge in [-0.2, -0.15) is 11.8 Å². The van der Waals surface area contributed by atoms with E-state index in [2.05, 4.69) is 17.1 Å². The molecule has 3 rings (SSSR count). The predicted octanol–water partition coefficient (Wildman–Crippen LogP) is 1.79. The number of nitrogens with one attached hydrogen (secondary N) is 1. The van der Waals surface area contributed by atoms with Crippen molar-refractivity contribution in [1.82, 2.24) is 5.32 Å². The van der Waals surface area contributed by atoms with Crippen molar-refractivity contribution in [1.29, 1.82) is 0 Å². The molecule has 0 radical (unpaired) electrons. The molecular weight excluding hydrogens is 194 g/mol. The maximum Gasteiger partial charge on any atom is 0.0795 e. The van der Waals surface area contributed by atoms with Crippen LogP contribution in [0.1, 0.15) is 32.1 Å². The zero-order chi connectivity index (χ0) is 9.43. The maximum atomic E-state index is 6.00. The molecule has 2 nitrogen and oxygen atoms in total. The first-order valence-corrected chi connectivity index (χ1v) is 7.00. The molecule has 1 spiro atoms. The van der Waals surface area contributed by atoms with Gasteiger partial charge in [0.05, 0.1) is 5.60 Å². The summed E-state index contributed by atoms with van der Waals surface area (Å²) in [5, 5.41) is 3.75. The lowest BCUT2D eigenvalue weighted by atomic mass is 9.90. The monoisotopic (exact) mass is 213 g/mol. The Labute approximate surface area is 90.2 Å². The van der Waals surface area contributed by atoms with Crippen molar-refractivity contribution in [3.63, 3.8) is 0 Å². The molecule has 2 unspecified atom stereocenters. The molecule has 3 aliphatic rings. The smallest absolute Gasteiger partial charge is 0.0795 e. The highest BCUT2D eigenvalue weighted by molar-refractivity contribution is 7.99. The van der Waals surface area contributed by atoms with Crippen LogP contribution in [0.5, 0.6) is 0 Å². The Hall–Kier alpha value is 0.270. The number of hydrogen-bond donors (Lipinski definition) is 1. The van der Waals surface area contributed by atoms with Crippen molar-refractivity contribution in [2.75, 3.05) is 18.1 Å². The van der Waals surface area contributed by atoms with Gasteiger partial charge >= 0.3 is 0 Å². The molecule has 2 saturated heterocycles. The van der Waals surface area contributed by atoms with E-state index in [1.165, 1.54) is 43.6 Å². The first kappa shape index (κ1) is 9.49. The number of thioether (sulfide) groups is 1. The fourth-order valence-electron chi connectivity index (χ4n) is 2.62. The third-order valence-corrected chi connectivity index (χ3v) is 4.83. The van der Waals surface area contributed by atoms with Gasteiger partial charge in [0.15, 0.2) is 0 Å². The molecule has 0 aromatic rings. The Morgan fingerprint density at radius 1 is 1.21 bits per heavy atom. The predicted molar refractivity (Wildman–Crippen MR) is 59.8 cm³/mol. The molecule has 3 heteroatoms. The quantitative estimate of drug-likeness (QED) is 0.755. The summed E-state index contributed by atoms with van der Waals surface area (Å²) in [5.74, 6) is 2.53. The molecule has 1 aliphatic carbocycles. The third-order valence-electron chi connectivity index (χ3n) is 3.61. The molecule has 0 amide bonds. The standard InChI is InChI=1S/C11H19NOS/c1-2-9(1)12-10-3-5-13-11(7-10)4-6-14-8-11/h9-10,12H,1-8H2. The SMILES string of the molecule is C1CC(NC2CC2)CC2(CCSC2)O1. The summed E-state index contributed by atoms with van der Waals surface area (Å²) in [6, 6.07) is 1.60. The van der Waals surface area contributed by atoms with Crippen molar-refractivity contribution < 1.29 is 4.74 Å². The van der Waals surface area contributed by atoms with Crippen LogP contribution in [0.2, 0.25) is 0 Å². The van der Waals surface area contributed by atoms with E-state index in [4.69, 9.17) is 4.74 Å². The average molecular weight is 213 g/mol. The van der Waals surface area contributed by atoms with Gasteiger partial charge < -0.3 is 10.1 Å². The van der Waals surface area contributed by atoms with E-state index < -0.39 is 0 Å². The summed E-state index contributed by atoms with van der Waals surface area (Å²) >= 11 is 2.06. The molecule has 14 heavy (non-hydrogen) atoms. The van der Waals surface area contributed by atoms with Crippen LogP contribution in [0.15, 0.2) is 0 Å². The number of rotatable bonds is 2. The highest BCUT2D eigenvalue weighted by atomic mass is 32.2. The molecule has 2 heterocycles. The Bertz CT molecular complexity index is 211. The second kappa shape index (κ2) is 3.69. The summed E-state index contributed by atoms with van der Waals surface area (Å²) < 4.78 is 6.00. The van der Waals surface area contributed by atoms with Crippen LogP contribution < -0.4 is 5.32 Å². The first-order valence-electron chi connectivity index (χ1n) is 5.84. The minimum absolute atomic E-state index is 0.259. The van der Waals surface area contributed by atoms with Crippen molar-refractivity contribution in [2.24, 2.45) is 0 Å². The van der Waals surface area contributed by atoms with Gasteiger partial charge in [-0.05, 0) is 37.9 Å². The van der Waals surface area contributed by atoms with Crippen molar-refractivity contribution in [3.8, 4) is 0 Å². The maximum absolute atomic E-state index is 6.00. The van der Waals surface area contributed by atoms with Crippen LogP contribution in [0.25, 0.3) is 0 Å². The second-order valence-electron chi connectivity index (χ2n) is 4.96. The zero-order valence-corrected chi connectivity index (χ0v) is 9.44. The largest absolute Gasteiger partial charge is 0.374 e. The molecular formula is C11H19NOS. The minimum atomic E-state index is 0.259. The van der Waals surface area contributed by atoms with Crippen LogP contribution in [-0.2, 0) is 4.74 Å². The van der Waals surface area contributed by atoms with E-state index in [0.717, 1.165) is 18.7 Å². The van der Waals surface area contributed by atoms with Crippen LogP contribution >= 0.6 is 11.8 Å². The summed E-state index contributed by atoms with van der Waals surface area (Å²) in [4.78, 5) is 0. The van der Waals surface area contributed by atoms with Crippen LogP contribution in [0, 0.1) is 0 Å². The Balaban J connectivity index is 1.59. The van der Waals surface area contributed by atoms with Gasteiger partial charge in [-0.1, -0.05) is 0 Å². The Morgan fingerprint density at radius 2 is 2.14 bits per heavy atom. The van der Waals surface area contributed by atoms with Crippen LogP contribution in [-0.4, -0.2) is 35.8 Å². The summed E-state index contributed by atoms with van der Waals surface area (Å²) in [6.45, 7) is 0.977. The van der Waals surface area contributed by atoms with E-state index in [0.29, 0.717) is 0 Å². The Kier molecular flexibility index (Phi) is 2.50. The fourth-order valence-corrected chi connectivity index (χ4v) is 3.99. The highest BCUT2D eigenvalue weighted by Crippen LogP contribution is 2.38. The highest BCUT2D eigenvalue weighted by Gasteiger charge is 2.41. The van der Waals surface area contributed by atoms with E-state index >= 15 is 0 Å². The van der Waals surface area contributed by atoms with E-state index in [1.807, 2.05) is 0 Å². The van der Waals surface area contributed by atoms with E-state index in [1.54, 1.807) is 0 Å². The van der Waals surface area contributed by atoms with Crippen LogP contribution in [0.3, 0.4) is 0 Å². The van der Waals surface area contributed by atoms with Gasteiger partial charge in [-0.3, -0.25) is 0 Å². The van der Waals surface area contributed by atoms with E-state index in [-0.39, 0.29) is 5.60 Å². The van der Waals surface area contributed by atoms with Gasteiger partial charge in [-0.15, -0.1) is 0 Å². The topological polar surface area (TPSA) is 21.3 Å². The van der Waals surface area contributed by atoms with Gasteiger partial charge in [0.25, 0.3) is 0 Å². The molecule has 1 N–H and O–H groups in total. The summed E-state index contributed by atoms with van der Waals surface area (Å²) in [5.41, 5.74) is 0.259. The Morgan fingerprint density at radius 3 is 2.86 bits per heavy atom. The molecule has 2 aliphatic heterocycles. The lowest BCUT2D eigenvalue weighted by molar-refractivity contribution is -0.0702. The van der Waals surface area contributed by atoms with E-state index in [9.17, 15) is 0 Å². The van der Waals surface area contributed by atoms with Gasteiger partial charge in [0, 0.05) is 24.4 Å². The van der Waals surface area contributed by atoms with Gasteiger partial charge in [0.1, 0.15) is 0 Å². The number of hydrogen-bond acceptors (Lipinski definition) is 3. The summed E-state index contributed by atoms with van der Waals surface area (Å²) in [6.07, 6.45) is 6.57. The summed E-state index contributed by atoms with van der Waals surface area (Å²) in [7, 11) is 0. The minimum Gasteiger partial charge on any atom is -0.374 e. The van der Waals surface area contributed by atoms with Crippen molar-refractivity contribution in [2.45, 2.75) is 49.8 Å². The normalized spacial score (nSPS) is 43.3. The third kappa shape index (κ3) is 1.95. The first-order chi connectivity index (χ1) is 6.86. The molecule has 80 valence electrons. The number of ether oxygens (including phenoxy) is 1. The molecule has 1 saturated carbocycles. The molecule has 0 aromatic carbocycles. The van der Waals surface area contributed by atoms with Crippen molar-refractivity contribution >= 4 is 11.8 Å². The molecule has 3 fully saturated rings. The second-order valence-corrected chi connectivity index (χ2v) is 6.07. The zero-order valence-electron chi connectivity index (χ0n) is 8.63. The molecule has 0 aromatic heterocycles. The average Bonchev–Trinajstić information content (AvgIpc) is 2.88. The molecule has 0 bridgehead atoms. The van der Waals surface area contributed by atoms with Gasteiger partial charge in [-0.25, -0.2) is 0 Å². The van der Waals surface area contributed by atoms with Crippen molar-refractivity contribution in [3.05, 3.63) is 0 Å². The lowest BCUT2D eigenvalue weighted by Gasteiger charge is -2.38.